The van der Waals surface area contributed by atoms with Crippen molar-refractivity contribution in [3.8, 4) is 0 Å². The predicted octanol–water partition coefficient (Wildman–Crippen LogP) is 4.08. The van der Waals surface area contributed by atoms with E-state index in [2.05, 4.69) is 10.3 Å². The first kappa shape index (κ1) is 20.6. The Hall–Kier alpha value is -1.69. The SMILES string of the molecule is Cl.O=C(c1ccc(Cl)cc1F)N(Cc1ccccn1)C1CCCNCC1. The number of nitrogens with zero attached hydrogens (tertiary/aromatic N) is 2. The van der Waals surface area contributed by atoms with Gasteiger partial charge in [-0.15, -0.1) is 12.4 Å². The zero-order chi connectivity index (χ0) is 17.6. The van der Waals surface area contributed by atoms with Crippen molar-refractivity contribution in [2.45, 2.75) is 31.8 Å². The highest BCUT2D eigenvalue weighted by Crippen LogP contribution is 2.22. The van der Waals surface area contributed by atoms with Crippen molar-refractivity contribution in [3.63, 3.8) is 0 Å². The third-order valence-corrected chi connectivity index (χ3v) is 4.70. The summed E-state index contributed by atoms with van der Waals surface area (Å²) < 4.78 is 14.3. The number of hydrogen-bond acceptors (Lipinski definition) is 3. The van der Waals surface area contributed by atoms with Crippen molar-refractivity contribution in [1.29, 1.82) is 0 Å². The molecule has 4 nitrogen and oxygen atoms in total. The third kappa shape index (κ3) is 5.16. The quantitative estimate of drug-likeness (QED) is 0.844. The van der Waals surface area contributed by atoms with E-state index in [0.29, 0.717) is 6.54 Å². The Bertz CT molecular complexity index is 722. The van der Waals surface area contributed by atoms with Gasteiger partial charge < -0.3 is 10.2 Å². The van der Waals surface area contributed by atoms with Crippen molar-refractivity contribution in [2.24, 2.45) is 0 Å². The molecule has 7 heteroatoms. The molecule has 140 valence electrons. The molecule has 1 amide bonds. The monoisotopic (exact) mass is 397 g/mol. The van der Waals surface area contributed by atoms with Crippen molar-refractivity contribution >= 4 is 29.9 Å². The fraction of sp³-hybridized carbons (Fsp3) is 0.368. The van der Waals surface area contributed by atoms with E-state index >= 15 is 0 Å². The second kappa shape index (κ2) is 9.86. The molecule has 0 bridgehead atoms. The molecule has 2 aromatic rings. The lowest BCUT2D eigenvalue weighted by atomic mass is 10.0. The van der Waals surface area contributed by atoms with Crippen molar-refractivity contribution < 1.29 is 9.18 Å². The number of pyridine rings is 1. The molecule has 1 saturated heterocycles. The summed E-state index contributed by atoms with van der Waals surface area (Å²) in [5.41, 5.74) is 0.847. The van der Waals surface area contributed by atoms with E-state index in [9.17, 15) is 9.18 Å². The highest BCUT2D eigenvalue weighted by molar-refractivity contribution is 6.30. The van der Waals surface area contributed by atoms with E-state index in [1.54, 1.807) is 17.2 Å². The molecule has 0 radical (unpaired) electrons. The Morgan fingerprint density at radius 1 is 1.27 bits per heavy atom. The first-order valence-electron chi connectivity index (χ1n) is 8.52. The molecule has 0 spiro atoms. The van der Waals surface area contributed by atoms with Gasteiger partial charge in [-0.3, -0.25) is 9.78 Å². The zero-order valence-electron chi connectivity index (χ0n) is 14.3. The third-order valence-electron chi connectivity index (χ3n) is 4.47. The summed E-state index contributed by atoms with van der Waals surface area (Å²) in [7, 11) is 0. The fourth-order valence-corrected chi connectivity index (χ4v) is 3.32. The molecule has 3 rings (SSSR count). The molecule has 1 atom stereocenters. The average Bonchev–Trinajstić information content (AvgIpc) is 2.89. The van der Waals surface area contributed by atoms with Crippen LogP contribution in [0, 0.1) is 5.82 Å². The first-order chi connectivity index (χ1) is 12.1. The van der Waals surface area contributed by atoms with Crippen LogP contribution in [0.1, 0.15) is 35.3 Å². The van der Waals surface area contributed by atoms with E-state index in [4.69, 9.17) is 11.6 Å². The number of aromatic nitrogens is 1. The number of hydrogen-bond donors (Lipinski definition) is 1. The Labute approximate surface area is 164 Å². The Morgan fingerprint density at radius 2 is 2.12 bits per heavy atom. The maximum atomic E-state index is 14.3. The van der Waals surface area contributed by atoms with Gasteiger partial charge in [0.2, 0.25) is 0 Å². The van der Waals surface area contributed by atoms with Gasteiger partial charge in [0.15, 0.2) is 0 Å². The molecular formula is C19H22Cl2FN3O. The molecule has 2 heterocycles. The fourth-order valence-electron chi connectivity index (χ4n) is 3.16. The van der Waals surface area contributed by atoms with E-state index in [-0.39, 0.29) is 34.9 Å². The Kier molecular flexibility index (Phi) is 7.82. The molecule has 1 aliphatic heterocycles. The second-order valence-corrected chi connectivity index (χ2v) is 6.65. The number of rotatable bonds is 4. The van der Waals surface area contributed by atoms with E-state index in [1.165, 1.54) is 12.1 Å². The van der Waals surface area contributed by atoms with Crippen molar-refractivity contribution in [1.82, 2.24) is 15.2 Å². The molecule has 1 unspecified atom stereocenters. The minimum absolute atomic E-state index is 0. The van der Waals surface area contributed by atoms with Gasteiger partial charge in [0.05, 0.1) is 17.8 Å². The van der Waals surface area contributed by atoms with Crippen LogP contribution < -0.4 is 5.32 Å². The summed E-state index contributed by atoms with van der Waals surface area (Å²) in [6.45, 7) is 2.16. The van der Waals surface area contributed by atoms with Crippen molar-refractivity contribution in [2.75, 3.05) is 13.1 Å². The maximum Gasteiger partial charge on any atom is 0.257 e. The lowest BCUT2D eigenvalue weighted by Crippen LogP contribution is -2.41. The van der Waals surface area contributed by atoms with Crippen LogP contribution in [0.4, 0.5) is 4.39 Å². The summed E-state index contributed by atoms with van der Waals surface area (Å²) in [5.74, 6) is -0.901. The topological polar surface area (TPSA) is 45.2 Å². The van der Waals surface area contributed by atoms with Crippen LogP contribution in [0.3, 0.4) is 0 Å². The molecule has 26 heavy (non-hydrogen) atoms. The molecule has 1 N–H and O–H groups in total. The Morgan fingerprint density at radius 3 is 2.85 bits per heavy atom. The molecule has 1 aliphatic rings. The second-order valence-electron chi connectivity index (χ2n) is 6.21. The molecular weight excluding hydrogens is 376 g/mol. The van der Waals surface area contributed by atoms with E-state index < -0.39 is 5.82 Å². The minimum atomic E-state index is -0.588. The van der Waals surface area contributed by atoms with Gasteiger partial charge in [0, 0.05) is 17.3 Å². The summed E-state index contributed by atoms with van der Waals surface area (Å²) >= 11 is 5.82. The van der Waals surface area contributed by atoms with E-state index in [0.717, 1.165) is 38.0 Å². The number of carbonyl (C=O) groups is 1. The number of amides is 1. The summed E-state index contributed by atoms with van der Waals surface area (Å²) in [4.78, 5) is 19.2. The van der Waals surface area contributed by atoms with Gasteiger partial charge in [0.25, 0.3) is 5.91 Å². The van der Waals surface area contributed by atoms with Crippen LogP contribution >= 0.6 is 24.0 Å². The van der Waals surface area contributed by atoms with Crippen LogP contribution in [0.5, 0.6) is 0 Å². The number of carbonyl (C=O) groups excluding carboxylic acids is 1. The lowest BCUT2D eigenvalue weighted by molar-refractivity contribution is 0.0637. The minimum Gasteiger partial charge on any atom is -0.330 e. The first-order valence-corrected chi connectivity index (χ1v) is 8.89. The lowest BCUT2D eigenvalue weighted by Gasteiger charge is -2.31. The van der Waals surface area contributed by atoms with Crippen LogP contribution in [0.25, 0.3) is 0 Å². The summed E-state index contributed by atoms with van der Waals surface area (Å²) in [6.07, 6.45) is 4.42. The van der Waals surface area contributed by atoms with Crippen LogP contribution in [-0.2, 0) is 6.54 Å². The molecule has 0 saturated carbocycles. The van der Waals surface area contributed by atoms with Gasteiger partial charge in [-0.25, -0.2) is 4.39 Å². The molecule has 1 aromatic carbocycles. The predicted molar refractivity (Wildman–Crippen MR) is 103 cm³/mol. The summed E-state index contributed by atoms with van der Waals surface area (Å²) in [6, 6.07) is 9.86. The van der Waals surface area contributed by atoms with Gasteiger partial charge in [-0.1, -0.05) is 17.7 Å². The van der Waals surface area contributed by atoms with Gasteiger partial charge in [0.1, 0.15) is 5.82 Å². The van der Waals surface area contributed by atoms with Crippen LogP contribution in [-0.4, -0.2) is 34.9 Å². The maximum absolute atomic E-state index is 14.3. The highest BCUT2D eigenvalue weighted by atomic mass is 35.5. The average molecular weight is 398 g/mol. The molecule has 0 aliphatic carbocycles. The standard InChI is InChI=1S/C19H21ClFN3O.ClH/c20-14-6-7-17(18(21)12-14)19(25)24(13-15-4-1-2-10-23-15)16-5-3-9-22-11-8-16;/h1-2,4,6-7,10,12,16,22H,3,5,8-9,11,13H2;1H. The number of benzene rings is 1. The molecule has 1 aromatic heterocycles. The van der Waals surface area contributed by atoms with Gasteiger partial charge >= 0.3 is 0 Å². The molecule has 1 fully saturated rings. The number of halogens is 3. The van der Waals surface area contributed by atoms with Gasteiger partial charge in [-0.2, -0.15) is 0 Å². The Balaban J connectivity index is 0.00000243. The summed E-state index contributed by atoms with van der Waals surface area (Å²) in [5, 5.41) is 3.63. The normalized spacial score (nSPS) is 17.1. The van der Waals surface area contributed by atoms with Crippen molar-refractivity contribution in [3.05, 3.63) is 64.7 Å². The zero-order valence-corrected chi connectivity index (χ0v) is 15.9. The van der Waals surface area contributed by atoms with Crippen LogP contribution in [0.15, 0.2) is 42.6 Å². The smallest absolute Gasteiger partial charge is 0.257 e. The largest absolute Gasteiger partial charge is 0.330 e. The number of nitrogens with one attached hydrogen (secondary N) is 1. The van der Waals surface area contributed by atoms with Crippen LogP contribution in [0.2, 0.25) is 5.02 Å². The highest BCUT2D eigenvalue weighted by Gasteiger charge is 2.27. The van der Waals surface area contributed by atoms with Gasteiger partial charge in [-0.05, 0) is 62.7 Å². The van der Waals surface area contributed by atoms with E-state index in [1.807, 2.05) is 18.2 Å².